The summed E-state index contributed by atoms with van der Waals surface area (Å²) < 4.78 is 16.7. The third-order valence-electron chi connectivity index (χ3n) is 6.37. The van der Waals surface area contributed by atoms with Crippen LogP contribution < -0.4 is 0 Å². The second-order valence-corrected chi connectivity index (χ2v) is 9.21. The molecule has 6 heteroatoms. The summed E-state index contributed by atoms with van der Waals surface area (Å²) in [5, 5.41) is 9.74. The fourth-order valence-electron chi connectivity index (χ4n) is 4.40. The molecule has 0 unspecified atom stereocenters. The van der Waals surface area contributed by atoms with E-state index in [4.69, 9.17) is 14.2 Å². The van der Waals surface area contributed by atoms with E-state index in [0.717, 1.165) is 22.3 Å². The van der Waals surface area contributed by atoms with E-state index in [9.17, 15) is 14.7 Å². The van der Waals surface area contributed by atoms with E-state index in [2.05, 4.69) is 30.8 Å². The van der Waals surface area contributed by atoms with Crippen molar-refractivity contribution >= 4 is 11.9 Å². The van der Waals surface area contributed by atoms with Crippen LogP contribution in [0, 0.1) is 5.92 Å². The van der Waals surface area contributed by atoms with Crippen molar-refractivity contribution in [2.45, 2.75) is 45.1 Å². The normalized spacial score (nSPS) is 14.1. The average Bonchev–Trinajstić information content (AvgIpc) is 3.15. The number of carboxylic acids is 1. The second-order valence-electron chi connectivity index (χ2n) is 9.21. The third kappa shape index (κ3) is 6.61. The first-order chi connectivity index (χ1) is 16.8. The summed E-state index contributed by atoms with van der Waals surface area (Å²) >= 11 is 0. The topological polar surface area (TPSA) is 82.1 Å². The molecule has 0 saturated heterocycles. The molecular weight excluding hydrogens is 444 g/mol. The second kappa shape index (κ2) is 11.8. The van der Waals surface area contributed by atoms with Gasteiger partial charge in [-0.15, -0.1) is 0 Å². The monoisotopic (exact) mass is 478 g/mol. The molecule has 0 aromatic heterocycles. The first-order valence-electron chi connectivity index (χ1n) is 11.9. The maximum Gasteiger partial charge on any atom is 0.313 e. The van der Waals surface area contributed by atoms with E-state index < -0.39 is 23.5 Å². The number of ether oxygens (including phenoxy) is 3. The van der Waals surface area contributed by atoms with Crippen molar-refractivity contribution in [2.24, 2.45) is 5.92 Å². The maximum absolute atomic E-state index is 12.7. The summed E-state index contributed by atoms with van der Waals surface area (Å²) in [5.74, 6) is -2.46. The molecule has 1 aliphatic rings. The van der Waals surface area contributed by atoms with Crippen molar-refractivity contribution in [3.05, 3.63) is 84.1 Å². The number of esters is 1. The van der Waals surface area contributed by atoms with Gasteiger partial charge < -0.3 is 19.3 Å². The molecule has 0 heterocycles. The van der Waals surface area contributed by atoms with Gasteiger partial charge in [-0.05, 0) is 48.6 Å². The molecular formula is C29H34O6. The van der Waals surface area contributed by atoms with Gasteiger partial charge in [-0.25, -0.2) is 0 Å². The van der Waals surface area contributed by atoms with Crippen LogP contribution in [0.15, 0.2) is 73.0 Å². The van der Waals surface area contributed by atoms with E-state index in [-0.39, 0.29) is 25.6 Å². The van der Waals surface area contributed by atoms with Gasteiger partial charge in [0.15, 0.2) is 0 Å². The van der Waals surface area contributed by atoms with Crippen LogP contribution in [-0.4, -0.2) is 42.5 Å². The minimum atomic E-state index is -1.04. The zero-order chi connectivity index (χ0) is 25.4. The molecule has 1 N–H and O–H groups in total. The third-order valence-corrected chi connectivity index (χ3v) is 6.37. The van der Waals surface area contributed by atoms with Crippen LogP contribution in [0.25, 0.3) is 11.1 Å². The van der Waals surface area contributed by atoms with Gasteiger partial charge in [-0.1, -0.05) is 61.2 Å². The van der Waals surface area contributed by atoms with Crippen molar-refractivity contribution in [1.82, 2.24) is 0 Å². The number of hydrogen-bond donors (Lipinski definition) is 1. The molecule has 0 saturated carbocycles. The van der Waals surface area contributed by atoms with Crippen LogP contribution in [0.5, 0.6) is 0 Å². The van der Waals surface area contributed by atoms with Crippen molar-refractivity contribution in [1.29, 1.82) is 0 Å². The highest BCUT2D eigenvalue weighted by atomic mass is 16.5. The highest BCUT2D eigenvalue weighted by molar-refractivity contribution is 5.80. The number of fused-ring (bicyclic) bond motifs is 3. The Balaban J connectivity index is 1.58. The SMILES string of the molecule is C=COC(C)(C)CCOC[C@@H](C(=O)O)/C(=C\C)CC(=O)OCC1c2ccccc2-c2ccccc21. The Hall–Kier alpha value is -3.38. The Labute approximate surface area is 207 Å². The molecule has 3 rings (SSSR count). The first-order valence-corrected chi connectivity index (χ1v) is 11.9. The molecule has 0 aliphatic heterocycles. The molecule has 6 nitrogen and oxygen atoms in total. The van der Waals surface area contributed by atoms with Gasteiger partial charge in [0.05, 0.1) is 25.9 Å². The Morgan fingerprint density at radius 1 is 1.09 bits per heavy atom. The molecule has 35 heavy (non-hydrogen) atoms. The molecule has 0 amide bonds. The van der Waals surface area contributed by atoms with Gasteiger partial charge in [-0.3, -0.25) is 9.59 Å². The Kier molecular flexibility index (Phi) is 8.88. The van der Waals surface area contributed by atoms with E-state index in [1.54, 1.807) is 13.0 Å². The Morgan fingerprint density at radius 3 is 2.23 bits per heavy atom. The van der Waals surface area contributed by atoms with Crippen molar-refractivity contribution in [3.63, 3.8) is 0 Å². The standard InChI is InChI=1S/C29H34O6/c1-5-20(25(28(31)32)18-33-16-15-29(3,4)35-6-2)17-27(30)34-19-26-23-13-9-7-11-21(23)22-12-8-10-14-24(22)26/h5-14,25-26H,2,15-19H2,1,3-4H3,(H,31,32)/b20-5-/t25-/m1/s1. The summed E-state index contributed by atoms with van der Waals surface area (Å²) in [5.41, 5.74) is 4.59. The van der Waals surface area contributed by atoms with Crippen LogP contribution in [0.4, 0.5) is 0 Å². The average molecular weight is 479 g/mol. The first kappa shape index (κ1) is 26.2. The van der Waals surface area contributed by atoms with Crippen molar-refractivity contribution in [3.8, 4) is 11.1 Å². The van der Waals surface area contributed by atoms with Crippen LogP contribution in [0.1, 0.15) is 50.7 Å². The molecule has 1 atom stereocenters. The molecule has 0 fully saturated rings. The minimum absolute atomic E-state index is 0.0319. The van der Waals surface area contributed by atoms with Gasteiger partial charge in [-0.2, -0.15) is 0 Å². The van der Waals surface area contributed by atoms with Crippen LogP contribution in [0.3, 0.4) is 0 Å². The lowest BCUT2D eigenvalue weighted by atomic mass is 9.96. The zero-order valence-electron chi connectivity index (χ0n) is 20.7. The van der Waals surface area contributed by atoms with Gasteiger partial charge in [0.25, 0.3) is 0 Å². The number of carbonyl (C=O) groups is 2. The summed E-state index contributed by atoms with van der Waals surface area (Å²) in [6.07, 6.45) is 3.52. The molecule has 186 valence electrons. The van der Waals surface area contributed by atoms with Crippen LogP contribution in [-0.2, 0) is 23.8 Å². The van der Waals surface area contributed by atoms with E-state index in [1.807, 2.05) is 38.1 Å². The summed E-state index contributed by atoms with van der Waals surface area (Å²) in [6.45, 7) is 9.59. The minimum Gasteiger partial charge on any atom is -0.496 e. The lowest BCUT2D eigenvalue weighted by molar-refractivity contribution is -0.144. The molecule has 1 aliphatic carbocycles. The number of benzene rings is 2. The predicted octanol–water partition coefficient (Wildman–Crippen LogP) is 5.72. The smallest absolute Gasteiger partial charge is 0.313 e. The maximum atomic E-state index is 12.7. The molecule has 0 bridgehead atoms. The van der Waals surface area contributed by atoms with Gasteiger partial charge in [0.2, 0.25) is 0 Å². The highest BCUT2D eigenvalue weighted by Gasteiger charge is 2.30. The van der Waals surface area contributed by atoms with E-state index in [0.29, 0.717) is 18.6 Å². The van der Waals surface area contributed by atoms with Crippen LogP contribution >= 0.6 is 0 Å². The van der Waals surface area contributed by atoms with Crippen LogP contribution in [0.2, 0.25) is 0 Å². The Morgan fingerprint density at radius 2 is 1.69 bits per heavy atom. The number of hydrogen-bond acceptors (Lipinski definition) is 5. The molecule has 0 radical (unpaired) electrons. The zero-order valence-corrected chi connectivity index (χ0v) is 20.7. The van der Waals surface area contributed by atoms with Gasteiger partial charge >= 0.3 is 11.9 Å². The van der Waals surface area contributed by atoms with E-state index in [1.165, 1.54) is 6.26 Å². The highest BCUT2D eigenvalue weighted by Crippen LogP contribution is 2.44. The Bertz CT molecular complexity index is 1040. The number of aliphatic carboxylic acids is 1. The van der Waals surface area contributed by atoms with Crippen molar-refractivity contribution < 1.29 is 28.9 Å². The number of allylic oxidation sites excluding steroid dienone is 1. The van der Waals surface area contributed by atoms with Gasteiger partial charge in [0, 0.05) is 12.3 Å². The number of rotatable bonds is 13. The van der Waals surface area contributed by atoms with Crippen molar-refractivity contribution in [2.75, 3.05) is 19.8 Å². The molecule has 0 spiro atoms. The largest absolute Gasteiger partial charge is 0.496 e. The molecule has 2 aromatic rings. The summed E-state index contributed by atoms with van der Waals surface area (Å²) in [7, 11) is 0. The summed E-state index contributed by atoms with van der Waals surface area (Å²) in [4.78, 5) is 24.6. The van der Waals surface area contributed by atoms with E-state index >= 15 is 0 Å². The predicted molar refractivity (Wildman–Crippen MR) is 135 cm³/mol. The lowest BCUT2D eigenvalue weighted by Gasteiger charge is -2.24. The fourth-order valence-corrected chi connectivity index (χ4v) is 4.40. The fraction of sp³-hybridized carbons (Fsp3) is 0.379. The lowest BCUT2D eigenvalue weighted by Crippen LogP contribution is -2.27. The van der Waals surface area contributed by atoms with Gasteiger partial charge in [0.1, 0.15) is 18.1 Å². The molecule has 2 aromatic carbocycles. The number of carbonyl (C=O) groups excluding carboxylic acids is 1. The quantitative estimate of drug-likeness (QED) is 0.171. The number of carboxylic acid groups (broad SMARTS) is 1. The summed E-state index contributed by atoms with van der Waals surface area (Å²) in [6, 6.07) is 16.3.